The number of carbonyl (C=O) groups is 4. The molecule has 2 aromatic rings. The minimum Gasteiger partial charge on any atom is -0.460 e. The second-order valence-corrected chi connectivity index (χ2v) is 13.2. The summed E-state index contributed by atoms with van der Waals surface area (Å²) in [6, 6.07) is 5.73. The van der Waals surface area contributed by atoms with E-state index in [0.717, 1.165) is 6.08 Å². The third-order valence-electron chi connectivity index (χ3n) is 10.4. The van der Waals surface area contributed by atoms with Gasteiger partial charge in [0.15, 0.2) is 22.8 Å². The molecule has 0 bridgehead atoms. The molecule has 42 heavy (non-hydrogen) atoms. The van der Waals surface area contributed by atoms with Crippen molar-refractivity contribution >= 4 is 33.7 Å². The van der Waals surface area contributed by atoms with E-state index in [1.807, 2.05) is 0 Å². The monoisotopic (exact) mass is 600 g/mol. The van der Waals surface area contributed by atoms with Crippen LogP contribution in [0.25, 0.3) is 0 Å². The van der Waals surface area contributed by atoms with E-state index in [9.17, 15) is 24.3 Å². The Bertz CT molecular complexity index is 1510. The highest BCUT2D eigenvalue weighted by molar-refractivity contribution is 8.26. The number of carbonyl (C=O) groups excluding carboxylic acids is 4. The Morgan fingerprint density at radius 3 is 2.38 bits per heavy atom. The molecule has 4 aliphatic rings. The number of halogens is 2. The van der Waals surface area contributed by atoms with Crippen LogP contribution in [-0.4, -0.2) is 50.6 Å². The van der Waals surface area contributed by atoms with Crippen molar-refractivity contribution in [2.75, 3.05) is 0 Å². The summed E-state index contributed by atoms with van der Waals surface area (Å²) in [5, 5.41) is 10.2. The molecule has 11 heteroatoms. The number of hydrogen-bond donors (Lipinski definition) is 1. The molecule has 2 aromatic heterocycles. The first-order chi connectivity index (χ1) is 19.8. The number of rotatable bonds is 4. The van der Waals surface area contributed by atoms with Crippen LogP contribution in [0.15, 0.2) is 69.4 Å². The molecule has 0 spiro atoms. The number of ether oxygens (including phenoxy) is 1. The van der Waals surface area contributed by atoms with E-state index in [4.69, 9.17) is 13.6 Å². The highest BCUT2D eigenvalue weighted by Crippen LogP contribution is 2.72. The summed E-state index contributed by atoms with van der Waals surface area (Å²) in [7, 11) is 0. The summed E-state index contributed by atoms with van der Waals surface area (Å²) < 4.78 is 49.9. The van der Waals surface area contributed by atoms with Crippen LogP contribution in [0.5, 0.6) is 0 Å². The zero-order valence-corrected chi connectivity index (χ0v) is 24.0. The Labute approximate surface area is 244 Å². The van der Waals surface area contributed by atoms with Gasteiger partial charge in [-0.2, -0.15) is 0 Å². The highest BCUT2D eigenvalue weighted by atomic mass is 32.2. The van der Waals surface area contributed by atoms with Gasteiger partial charge in [0.2, 0.25) is 10.9 Å². The second kappa shape index (κ2) is 9.60. The maximum Gasteiger partial charge on any atom is 0.375 e. The number of hydrogen-bond acceptors (Lipinski definition) is 9. The van der Waals surface area contributed by atoms with Crippen LogP contribution in [0.1, 0.15) is 61.1 Å². The van der Waals surface area contributed by atoms with E-state index in [1.54, 1.807) is 13.8 Å². The van der Waals surface area contributed by atoms with Crippen molar-refractivity contribution in [2.24, 2.45) is 28.6 Å². The zero-order valence-electron chi connectivity index (χ0n) is 23.2. The first kappa shape index (κ1) is 28.8. The number of aliphatic hydroxyl groups excluding tert-OH is 1. The number of allylic oxidation sites excluding steroid dienone is 4. The van der Waals surface area contributed by atoms with Crippen LogP contribution >= 0.6 is 11.8 Å². The van der Waals surface area contributed by atoms with Gasteiger partial charge in [-0.25, -0.2) is 13.6 Å². The van der Waals surface area contributed by atoms with Crippen molar-refractivity contribution in [1.29, 1.82) is 0 Å². The lowest BCUT2D eigenvalue weighted by atomic mass is 9.44. The third kappa shape index (κ3) is 3.68. The van der Waals surface area contributed by atoms with E-state index < -0.39 is 74.1 Å². The van der Waals surface area contributed by atoms with E-state index >= 15 is 8.78 Å². The first-order valence-corrected chi connectivity index (χ1v) is 14.6. The van der Waals surface area contributed by atoms with Crippen LogP contribution < -0.4 is 0 Å². The van der Waals surface area contributed by atoms with E-state index in [2.05, 4.69) is 0 Å². The molecule has 0 radical (unpaired) electrons. The van der Waals surface area contributed by atoms with Crippen LogP contribution in [0, 0.1) is 28.6 Å². The zero-order chi connectivity index (χ0) is 30.2. The standard InChI is InChI=1S/C31H30F2O8S/c1-16-12-18-19-14-21(32)20-13-17(34)8-9-28(20,2)30(19,33)24(35)15-29(18,3)31(16,41-25(36)22-6-4-10-39-22)27(38)42-26(37)23-7-5-11-40-23/h4-11,13,16,18-19,21,24,35H,12,14-15H2,1-3H3/t16?,18?,19?,21?,24-,28-,29-,30?,31-/m0/s1. The number of esters is 1. The van der Waals surface area contributed by atoms with Crippen molar-refractivity contribution in [1.82, 2.24) is 0 Å². The van der Waals surface area contributed by atoms with Crippen LogP contribution in [0.4, 0.5) is 8.78 Å². The molecule has 0 aliphatic heterocycles. The van der Waals surface area contributed by atoms with Crippen molar-refractivity contribution in [3.63, 3.8) is 0 Å². The predicted molar refractivity (Wildman–Crippen MR) is 146 cm³/mol. The fourth-order valence-electron chi connectivity index (χ4n) is 8.41. The molecule has 6 rings (SSSR count). The summed E-state index contributed by atoms with van der Waals surface area (Å²) in [4.78, 5) is 52.8. The maximum absolute atomic E-state index is 17.6. The minimum absolute atomic E-state index is 0.0198. The summed E-state index contributed by atoms with van der Waals surface area (Å²) in [6.07, 6.45) is 2.26. The molecular weight excluding hydrogens is 570 g/mol. The number of aliphatic hydroxyl groups is 1. The second-order valence-electron chi connectivity index (χ2n) is 12.3. The fraction of sp³-hybridized carbons (Fsp3) is 0.484. The lowest BCUT2D eigenvalue weighted by molar-refractivity contribution is -0.221. The number of alkyl halides is 2. The van der Waals surface area contributed by atoms with Crippen LogP contribution in [-0.2, 0) is 14.3 Å². The molecule has 4 aliphatic carbocycles. The Balaban J connectivity index is 1.46. The van der Waals surface area contributed by atoms with E-state index in [1.165, 1.54) is 55.9 Å². The van der Waals surface area contributed by atoms with Gasteiger partial charge in [-0.1, -0.05) is 19.9 Å². The largest absolute Gasteiger partial charge is 0.460 e. The number of ketones is 1. The van der Waals surface area contributed by atoms with Crippen molar-refractivity contribution in [3.8, 4) is 0 Å². The van der Waals surface area contributed by atoms with Crippen LogP contribution in [0.2, 0.25) is 0 Å². The molecule has 0 aromatic carbocycles. The van der Waals surface area contributed by atoms with Gasteiger partial charge < -0.3 is 18.7 Å². The number of thioether (sulfide) groups is 1. The average Bonchev–Trinajstić information content (AvgIpc) is 3.70. The van der Waals surface area contributed by atoms with Gasteiger partial charge in [0, 0.05) is 22.7 Å². The van der Waals surface area contributed by atoms with Gasteiger partial charge in [-0.05, 0) is 85.9 Å². The lowest BCUT2D eigenvalue weighted by Gasteiger charge is -2.63. The smallest absolute Gasteiger partial charge is 0.375 e. The quantitative estimate of drug-likeness (QED) is 0.457. The molecule has 2 heterocycles. The summed E-state index contributed by atoms with van der Waals surface area (Å²) >= 11 is 0.312. The fourth-order valence-corrected chi connectivity index (χ4v) is 9.43. The molecule has 1 N–H and O–H groups in total. The Morgan fingerprint density at radius 1 is 1.07 bits per heavy atom. The Kier molecular flexibility index (Phi) is 6.58. The Morgan fingerprint density at radius 2 is 1.74 bits per heavy atom. The molecular formula is C31H30F2O8S. The topological polar surface area (TPSA) is 124 Å². The van der Waals surface area contributed by atoms with Crippen molar-refractivity contribution in [3.05, 3.63) is 72.1 Å². The average molecular weight is 601 g/mol. The molecule has 8 nitrogen and oxygen atoms in total. The van der Waals surface area contributed by atoms with Gasteiger partial charge >= 0.3 is 5.97 Å². The normalized spacial score (nSPS) is 40.5. The van der Waals surface area contributed by atoms with Gasteiger partial charge in [0.05, 0.1) is 18.6 Å². The first-order valence-electron chi connectivity index (χ1n) is 13.8. The van der Waals surface area contributed by atoms with E-state index in [-0.39, 0.29) is 36.4 Å². The maximum atomic E-state index is 17.6. The highest BCUT2D eigenvalue weighted by Gasteiger charge is 2.78. The molecule has 3 fully saturated rings. The molecule has 9 atom stereocenters. The lowest BCUT2D eigenvalue weighted by Crippen LogP contribution is -2.70. The van der Waals surface area contributed by atoms with Gasteiger partial charge in [0.25, 0.3) is 5.12 Å². The van der Waals surface area contributed by atoms with Gasteiger partial charge in [-0.15, -0.1) is 0 Å². The number of fused-ring (bicyclic) bond motifs is 5. The summed E-state index contributed by atoms with van der Waals surface area (Å²) in [5.41, 5.74) is -7.44. The van der Waals surface area contributed by atoms with Gasteiger partial charge in [-0.3, -0.25) is 14.4 Å². The third-order valence-corrected chi connectivity index (χ3v) is 11.2. The molecule has 5 unspecified atom stereocenters. The van der Waals surface area contributed by atoms with Crippen LogP contribution in [0.3, 0.4) is 0 Å². The molecule has 0 saturated heterocycles. The van der Waals surface area contributed by atoms with Crippen molar-refractivity contribution < 1.29 is 46.6 Å². The molecule has 0 amide bonds. The number of furan rings is 2. The minimum atomic E-state index is -2.39. The molecule has 222 valence electrons. The Hall–Kier alpha value is -3.31. The SMILES string of the molecule is CC1CC2C3CC(F)C4=CC(=O)C=C[C@]4(C)C3(F)[C@@H](O)C[C@]2(C)[C@@]1(OC(=O)c1ccco1)C(=O)SC(=O)c1ccco1. The molecule has 3 saturated carbocycles. The summed E-state index contributed by atoms with van der Waals surface area (Å²) in [6.45, 7) is 4.79. The van der Waals surface area contributed by atoms with E-state index in [0.29, 0.717) is 11.8 Å². The predicted octanol–water partition coefficient (Wildman–Crippen LogP) is 5.43. The van der Waals surface area contributed by atoms with Crippen molar-refractivity contribution in [2.45, 2.75) is 63.6 Å². The summed E-state index contributed by atoms with van der Waals surface area (Å²) in [5.74, 6) is -4.28. The van der Waals surface area contributed by atoms with Gasteiger partial charge in [0.1, 0.15) is 6.17 Å².